The Morgan fingerprint density at radius 1 is 1.53 bits per heavy atom. The fourth-order valence-corrected chi connectivity index (χ4v) is 2.55. The maximum absolute atomic E-state index is 14.1. The zero-order valence-corrected chi connectivity index (χ0v) is 10.5. The summed E-state index contributed by atoms with van der Waals surface area (Å²) < 4.78 is 19.4. The summed E-state index contributed by atoms with van der Waals surface area (Å²) in [6.45, 7) is 1.25. The van der Waals surface area contributed by atoms with Crippen molar-refractivity contribution < 1.29 is 19.0 Å². The summed E-state index contributed by atoms with van der Waals surface area (Å²) >= 11 is 0. The van der Waals surface area contributed by atoms with Gasteiger partial charge >= 0.3 is 0 Å². The Labute approximate surface area is 110 Å². The lowest BCUT2D eigenvalue weighted by Gasteiger charge is -2.26. The van der Waals surface area contributed by atoms with E-state index in [2.05, 4.69) is 5.32 Å². The first kappa shape index (κ1) is 12.4. The number of nitrogens with one attached hydrogen (secondary N) is 1. The number of nitrogens with zero attached hydrogens (tertiary/aromatic N) is 1. The minimum Gasteiger partial charge on any atom is -0.379 e. The number of anilines is 2. The first-order valence-corrected chi connectivity index (χ1v) is 6.21. The number of hydrogen-bond acceptors (Lipinski definition) is 4. The molecule has 1 amide bonds. The van der Waals surface area contributed by atoms with Crippen LogP contribution in [-0.4, -0.2) is 37.3 Å². The van der Waals surface area contributed by atoms with Crippen LogP contribution in [0.3, 0.4) is 0 Å². The third-order valence-electron chi connectivity index (χ3n) is 3.75. The number of amides is 1. The average molecular weight is 266 g/mol. The molecular formula is C13H15FN2O3. The number of aliphatic hydroxyl groups excluding tert-OH is 1. The molecule has 6 heteroatoms. The molecule has 2 aliphatic heterocycles. The van der Waals surface area contributed by atoms with Crippen LogP contribution in [0.15, 0.2) is 12.1 Å². The second-order valence-electron chi connectivity index (χ2n) is 4.91. The second kappa shape index (κ2) is 4.47. The normalized spacial score (nSPS) is 25.3. The standard InChI is InChI=1S/C13H15FN2O3/c1-16(7-2-3-19-6-7)11-5-10-8(4-9(11)14)12(17)13(18)15-10/h4-5,7,12,17H,2-3,6H2,1H3,(H,15,18). The first-order valence-electron chi connectivity index (χ1n) is 6.21. The van der Waals surface area contributed by atoms with E-state index in [1.165, 1.54) is 6.07 Å². The maximum Gasteiger partial charge on any atom is 0.257 e. The summed E-state index contributed by atoms with van der Waals surface area (Å²) in [7, 11) is 1.80. The van der Waals surface area contributed by atoms with Crippen molar-refractivity contribution in [3.63, 3.8) is 0 Å². The van der Waals surface area contributed by atoms with Crippen LogP contribution in [0.2, 0.25) is 0 Å². The highest BCUT2D eigenvalue weighted by Gasteiger charge is 2.31. The zero-order chi connectivity index (χ0) is 13.6. The molecule has 1 aromatic rings. The number of rotatable bonds is 2. The van der Waals surface area contributed by atoms with Crippen molar-refractivity contribution in [3.05, 3.63) is 23.5 Å². The van der Waals surface area contributed by atoms with Crippen LogP contribution in [0.4, 0.5) is 15.8 Å². The minimum absolute atomic E-state index is 0.134. The highest BCUT2D eigenvalue weighted by molar-refractivity contribution is 6.02. The fraction of sp³-hybridized carbons (Fsp3) is 0.462. The molecular weight excluding hydrogens is 251 g/mol. The van der Waals surface area contributed by atoms with Gasteiger partial charge in [0.15, 0.2) is 6.10 Å². The van der Waals surface area contributed by atoms with Gasteiger partial charge in [-0.05, 0) is 18.6 Å². The smallest absolute Gasteiger partial charge is 0.257 e. The molecule has 2 aliphatic rings. The summed E-state index contributed by atoms with van der Waals surface area (Å²) in [5, 5.41) is 12.1. The Kier molecular flexibility index (Phi) is 2.91. The van der Waals surface area contributed by atoms with Crippen LogP contribution >= 0.6 is 0 Å². The Hall–Kier alpha value is -1.66. The molecule has 1 fully saturated rings. The van der Waals surface area contributed by atoms with Gasteiger partial charge in [-0.15, -0.1) is 0 Å². The topological polar surface area (TPSA) is 61.8 Å². The molecule has 3 rings (SSSR count). The Morgan fingerprint density at radius 3 is 3.00 bits per heavy atom. The van der Waals surface area contributed by atoms with Gasteiger partial charge in [0.25, 0.3) is 5.91 Å². The molecule has 0 spiro atoms. The summed E-state index contributed by atoms with van der Waals surface area (Å²) in [5.41, 5.74) is 1.17. The van der Waals surface area contributed by atoms with Gasteiger partial charge in [-0.2, -0.15) is 0 Å². The molecule has 2 atom stereocenters. The van der Waals surface area contributed by atoms with Crippen molar-refractivity contribution in [2.75, 3.05) is 30.5 Å². The van der Waals surface area contributed by atoms with E-state index >= 15 is 0 Å². The predicted molar refractivity (Wildman–Crippen MR) is 67.6 cm³/mol. The monoisotopic (exact) mass is 266 g/mol. The van der Waals surface area contributed by atoms with Gasteiger partial charge in [0.2, 0.25) is 0 Å². The van der Waals surface area contributed by atoms with E-state index in [0.717, 1.165) is 6.42 Å². The lowest BCUT2D eigenvalue weighted by atomic mass is 10.1. The Balaban J connectivity index is 1.95. The molecule has 2 heterocycles. The van der Waals surface area contributed by atoms with Gasteiger partial charge in [0.1, 0.15) is 5.82 Å². The van der Waals surface area contributed by atoms with Crippen LogP contribution in [0.5, 0.6) is 0 Å². The van der Waals surface area contributed by atoms with Gasteiger partial charge in [-0.3, -0.25) is 4.79 Å². The van der Waals surface area contributed by atoms with Crippen molar-refractivity contribution >= 4 is 17.3 Å². The molecule has 1 saturated heterocycles. The summed E-state index contributed by atoms with van der Waals surface area (Å²) in [5.74, 6) is -0.956. The number of ether oxygens (including phenoxy) is 1. The number of likely N-dealkylation sites (N-methyl/N-ethyl adjacent to an activating group) is 1. The highest BCUT2D eigenvalue weighted by atomic mass is 19.1. The van der Waals surface area contributed by atoms with Crippen LogP contribution in [0, 0.1) is 5.82 Å². The maximum atomic E-state index is 14.1. The molecule has 0 bridgehead atoms. The molecule has 0 radical (unpaired) electrons. The molecule has 0 saturated carbocycles. The molecule has 102 valence electrons. The van der Waals surface area contributed by atoms with Gasteiger partial charge in [-0.25, -0.2) is 4.39 Å². The van der Waals surface area contributed by atoms with Crippen molar-refractivity contribution in [2.45, 2.75) is 18.6 Å². The van der Waals surface area contributed by atoms with Crippen molar-refractivity contribution in [2.24, 2.45) is 0 Å². The van der Waals surface area contributed by atoms with E-state index in [4.69, 9.17) is 4.74 Å². The quantitative estimate of drug-likeness (QED) is 0.839. The van der Waals surface area contributed by atoms with Crippen molar-refractivity contribution in [3.8, 4) is 0 Å². The van der Waals surface area contributed by atoms with Crippen molar-refractivity contribution in [1.82, 2.24) is 0 Å². The number of carbonyl (C=O) groups excluding carboxylic acids is 1. The lowest BCUT2D eigenvalue weighted by Crippen LogP contribution is -2.32. The van der Waals surface area contributed by atoms with Crippen molar-refractivity contribution in [1.29, 1.82) is 0 Å². The number of halogens is 1. The number of aliphatic hydroxyl groups is 1. The Bertz CT molecular complexity index is 529. The minimum atomic E-state index is -1.28. The highest BCUT2D eigenvalue weighted by Crippen LogP contribution is 2.36. The van der Waals surface area contributed by atoms with Crippen LogP contribution < -0.4 is 10.2 Å². The molecule has 2 unspecified atom stereocenters. The van der Waals surface area contributed by atoms with Gasteiger partial charge in [-0.1, -0.05) is 0 Å². The Morgan fingerprint density at radius 2 is 2.32 bits per heavy atom. The third-order valence-corrected chi connectivity index (χ3v) is 3.75. The van der Waals surface area contributed by atoms with E-state index in [1.807, 2.05) is 4.90 Å². The molecule has 0 aliphatic carbocycles. The lowest BCUT2D eigenvalue weighted by molar-refractivity contribution is -0.123. The fourth-order valence-electron chi connectivity index (χ4n) is 2.55. The SMILES string of the molecule is CN(c1cc2c(cc1F)C(O)C(=O)N2)C1CCOC1. The van der Waals surface area contributed by atoms with Gasteiger partial charge in [0.05, 0.1) is 18.3 Å². The van der Waals surface area contributed by atoms with Crippen LogP contribution in [0.1, 0.15) is 18.1 Å². The molecule has 5 nitrogen and oxygen atoms in total. The summed E-state index contributed by atoms with van der Waals surface area (Å²) in [6.07, 6.45) is -0.430. The zero-order valence-electron chi connectivity index (χ0n) is 10.5. The first-order chi connectivity index (χ1) is 9.08. The van der Waals surface area contributed by atoms with Crippen LogP contribution in [0.25, 0.3) is 0 Å². The third kappa shape index (κ3) is 1.97. The second-order valence-corrected chi connectivity index (χ2v) is 4.91. The van der Waals surface area contributed by atoms with E-state index in [0.29, 0.717) is 30.2 Å². The molecule has 0 aromatic heterocycles. The predicted octanol–water partition coefficient (Wildman–Crippen LogP) is 1.04. The largest absolute Gasteiger partial charge is 0.379 e. The van der Waals surface area contributed by atoms with E-state index < -0.39 is 17.8 Å². The molecule has 2 N–H and O–H groups in total. The molecule has 1 aromatic carbocycles. The number of carbonyl (C=O) groups is 1. The van der Waals surface area contributed by atoms with E-state index in [1.54, 1.807) is 13.1 Å². The number of fused-ring (bicyclic) bond motifs is 1. The van der Waals surface area contributed by atoms with Gasteiger partial charge < -0.3 is 20.1 Å². The van der Waals surface area contributed by atoms with E-state index in [9.17, 15) is 14.3 Å². The summed E-state index contributed by atoms with van der Waals surface area (Å²) in [4.78, 5) is 13.2. The summed E-state index contributed by atoms with van der Waals surface area (Å²) in [6, 6.07) is 2.92. The van der Waals surface area contributed by atoms with E-state index in [-0.39, 0.29) is 6.04 Å². The molecule has 19 heavy (non-hydrogen) atoms. The average Bonchev–Trinajstić information content (AvgIpc) is 3.00. The van der Waals surface area contributed by atoms with Crippen LogP contribution in [-0.2, 0) is 9.53 Å². The van der Waals surface area contributed by atoms with Gasteiger partial charge in [0, 0.05) is 24.9 Å². The number of benzene rings is 1. The number of hydrogen-bond donors (Lipinski definition) is 2.